The Morgan fingerprint density at radius 3 is 2.76 bits per heavy atom. The summed E-state index contributed by atoms with van der Waals surface area (Å²) in [5, 5.41) is 2.91. The summed E-state index contributed by atoms with van der Waals surface area (Å²) in [6.07, 6.45) is -1.01. The van der Waals surface area contributed by atoms with Gasteiger partial charge in [0.25, 0.3) is 5.91 Å². The summed E-state index contributed by atoms with van der Waals surface area (Å²) in [6.45, 7) is 1.63. The Balaban J connectivity index is 1.64. The number of ether oxygens (including phenoxy) is 3. The third-order valence-electron chi connectivity index (χ3n) is 3.44. The number of esters is 1. The molecule has 1 heterocycles. The van der Waals surface area contributed by atoms with E-state index in [0.29, 0.717) is 21.7 Å². The number of benzene rings is 2. The largest absolute Gasteiger partial charge is 0.454 e. The van der Waals surface area contributed by atoms with Crippen molar-refractivity contribution in [2.24, 2.45) is 0 Å². The Bertz CT molecular complexity index is 842. The van der Waals surface area contributed by atoms with E-state index in [4.69, 9.17) is 25.8 Å². The summed E-state index contributed by atoms with van der Waals surface area (Å²) in [6, 6.07) is 9.81. The Morgan fingerprint density at radius 1 is 1.20 bits per heavy atom. The molecule has 1 unspecified atom stereocenters. The van der Waals surface area contributed by atoms with E-state index >= 15 is 0 Å². The number of fused-ring (bicyclic) bond motifs is 1. The molecular weight excluding hydrogens is 414 g/mol. The van der Waals surface area contributed by atoms with E-state index in [1.54, 1.807) is 30.3 Å². The van der Waals surface area contributed by atoms with Gasteiger partial charge in [0.15, 0.2) is 17.6 Å². The van der Waals surface area contributed by atoms with Gasteiger partial charge < -0.3 is 19.5 Å². The van der Waals surface area contributed by atoms with Gasteiger partial charge in [0.05, 0.1) is 10.6 Å². The minimum Gasteiger partial charge on any atom is -0.454 e. The number of amides is 1. The second-order valence-electron chi connectivity index (χ2n) is 5.23. The fourth-order valence-electron chi connectivity index (χ4n) is 2.15. The van der Waals surface area contributed by atoms with Crippen molar-refractivity contribution < 1.29 is 23.8 Å². The second-order valence-corrected chi connectivity index (χ2v) is 6.55. The highest BCUT2D eigenvalue weighted by molar-refractivity contribution is 9.10. The molecule has 1 amide bonds. The van der Waals surface area contributed by atoms with Crippen molar-refractivity contribution in [1.29, 1.82) is 0 Å². The SMILES string of the molecule is CC(OC(=O)c1cc(Br)ccc1Cl)C(=O)Nc1ccc2c(c1)OCO2. The molecule has 0 aromatic heterocycles. The summed E-state index contributed by atoms with van der Waals surface area (Å²) in [4.78, 5) is 24.4. The molecule has 8 heteroatoms. The number of anilines is 1. The second kappa shape index (κ2) is 7.33. The highest BCUT2D eigenvalue weighted by Crippen LogP contribution is 2.34. The first kappa shape index (κ1) is 17.6. The van der Waals surface area contributed by atoms with Gasteiger partial charge in [-0.25, -0.2) is 4.79 Å². The van der Waals surface area contributed by atoms with Gasteiger partial charge in [0.1, 0.15) is 0 Å². The van der Waals surface area contributed by atoms with Gasteiger partial charge in [0.2, 0.25) is 6.79 Å². The molecule has 2 aromatic carbocycles. The van der Waals surface area contributed by atoms with E-state index in [9.17, 15) is 9.59 Å². The average Bonchev–Trinajstić information content (AvgIpc) is 3.04. The number of hydrogen-bond acceptors (Lipinski definition) is 5. The molecule has 0 saturated carbocycles. The predicted octanol–water partition coefficient (Wildman–Crippen LogP) is 4.02. The fraction of sp³-hybridized carbons (Fsp3) is 0.176. The molecule has 1 N–H and O–H groups in total. The molecule has 0 fully saturated rings. The lowest BCUT2D eigenvalue weighted by molar-refractivity contribution is -0.123. The monoisotopic (exact) mass is 425 g/mol. The maximum absolute atomic E-state index is 12.2. The lowest BCUT2D eigenvalue weighted by Gasteiger charge is -2.14. The maximum Gasteiger partial charge on any atom is 0.340 e. The molecule has 2 aromatic rings. The van der Waals surface area contributed by atoms with E-state index in [1.807, 2.05) is 0 Å². The molecule has 25 heavy (non-hydrogen) atoms. The topological polar surface area (TPSA) is 73.9 Å². The van der Waals surface area contributed by atoms with Gasteiger partial charge in [-0.3, -0.25) is 4.79 Å². The number of rotatable bonds is 4. The molecule has 0 saturated heterocycles. The van der Waals surface area contributed by atoms with Gasteiger partial charge in [0, 0.05) is 16.2 Å². The van der Waals surface area contributed by atoms with Crippen LogP contribution in [-0.2, 0) is 9.53 Å². The van der Waals surface area contributed by atoms with E-state index in [-0.39, 0.29) is 17.4 Å². The average molecular weight is 427 g/mol. The molecule has 6 nitrogen and oxygen atoms in total. The van der Waals surface area contributed by atoms with Crippen LogP contribution in [0.1, 0.15) is 17.3 Å². The third kappa shape index (κ3) is 4.05. The zero-order valence-corrected chi connectivity index (χ0v) is 15.4. The number of nitrogens with one attached hydrogen (secondary N) is 1. The van der Waals surface area contributed by atoms with Crippen molar-refractivity contribution in [2.45, 2.75) is 13.0 Å². The molecule has 3 rings (SSSR count). The smallest absolute Gasteiger partial charge is 0.340 e. The van der Waals surface area contributed by atoms with Crippen LogP contribution in [0.2, 0.25) is 5.02 Å². The van der Waals surface area contributed by atoms with Gasteiger partial charge in [-0.15, -0.1) is 0 Å². The number of hydrogen-bond donors (Lipinski definition) is 1. The summed E-state index contributed by atoms with van der Waals surface area (Å²) in [5.74, 6) is 0.00288. The van der Waals surface area contributed by atoms with Gasteiger partial charge in [-0.2, -0.15) is 0 Å². The van der Waals surface area contributed by atoms with Crippen molar-refractivity contribution in [2.75, 3.05) is 12.1 Å². The predicted molar refractivity (Wildman–Crippen MR) is 95.2 cm³/mol. The molecule has 1 aliphatic heterocycles. The van der Waals surface area contributed by atoms with Gasteiger partial charge >= 0.3 is 5.97 Å². The normalized spacial score (nSPS) is 13.2. The molecule has 0 radical (unpaired) electrons. The Hall–Kier alpha value is -2.25. The Morgan fingerprint density at radius 2 is 1.96 bits per heavy atom. The van der Waals surface area contributed by atoms with Gasteiger partial charge in [-0.1, -0.05) is 27.5 Å². The van der Waals surface area contributed by atoms with Crippen molar-refractivity contribution >= 4 is 45.1 Å². The van der Waals surface area contributed by atoms with Crippen LogP contribution in [0.3, 0.4) is 0 Å². The summed E-state index contributed by atoms with van der Waals surface area (Å²) < 4.78 is 16.3. The molecule has 0 spiro atoms. The minimum atomic E-state index is -1.01. The Labute approximate surface area is 157 Å². The minimum absolute atomic E-state index is 0.147. The van der Waals surface area contributed by atoms with Crippen molar-refractivity contribution in [3.05, 3.63) is 51.5 Å². The van der Waals surface area contributed by atoms with Crippen LogP contribution in [0.15, 0.2) is 40.9 Å². The first-order chi connectivity index (χ1) is 11.9. The summed E-state index contributed by atoms with van der Waals surface area (Å²) in [7, 11) is 0. The van der Waals surface area contributed by atoms with E-state index in [1.165, 1.54) is 13.0 Å². The van der Waals surface area contributed by atoms with E-state index in [2.05, 4.69) is 21.2 Å². The number of halogens is 2. The summed E-state index contributed by atoms with van der Waals surface area (Å²) in [5.41, 5.74) is 0.691. The first-order valence-electron chi connectivity index (χ1n) is 7.30. The third-order valence-corrected chi connectivity index (χ3v) is 4.26. The van der Waals surface area contributed by atoms with Crippen LogP contribution >= 0.6 is 27.5 Å². The van der Waals surface area contributed by atoms with Crippen LogP contribution in [0.5, 0.6) is 11.5 Å². The van der Waals surface area contributed by atoms with E-state index < -0.39 is 18.0 Å². The Kier molecular flexibility index (Phi) is 5.15. The number of carbonyl (C=O) groups is 2. The quantitative estimate of drug-likeness (QED) is 0.748. The van der Waals surface area contributed by atoms with Gasteiger partial charge in [-0.05, 0) is 37.3 Å². The molecule has 0 bridgehead atoms. The lowest BCUT2D eigenvalue weighted by Crippen LogP contribution is -2.30. The zero-order chi connectivity index (χ0) is 18.0. The van der Waals surface area contributed by atoms with Crippen LogP contribution in [0, 0.1) is 0 Å². The molecular formula is C17H13BrClNO5. The number of carbonyl (C=O) groups excluding carboxylic acids is 2. The first-order valence-corrected chi connectivity index (χ1v) is 8.47. The van der Waals surface area contributed by atoms with Crippen molar-refractivity contribution in [1.82, 2.24) is 0 Å². The van der Waals surface area contributed by atoms with E-state index in [0.717, 1.165) is 0 Å². The van der Waals surface area contributed by atoms with Crippen LogP contribution in [0.4, 0.5) is 5.69 Å². The highest BCUT2D eigenvalue weighted by Gasteiger charge is 2.22. The highest BCUT2D eigenvalue weighted by atomic mass is 79.9. The summed E-state index contributed by atoms with van der Waals surface area (Å²) >= 11 is 9.25. The fourth-order valence-corrected chi connectivity index (χ4v) is 2.71. The standard InChI is InChI=1S/C17H13BrClNO5/c1-9(25-17(22)12-6-10(18)2-4-13(12)19)16(21)20-11-3-5-14-15(7-11)24-8-23-14/h2-7,9H,8H2,1H3,(H,20,21). The maximum atomic E-state index is 12.2. The molecule has 1 aliphatic rings. The molecule has 0 aliphatic carbocycles. The zero-order valence-electron chi connectivity index (χ0n) is 13.0. The van der Waals surface area contributed by atoms with Crippen LogP contribution in [0.25, 0.3) is 0 Å². The molecule has 130 valence electrons. The van der Waals surface area contributed by atoms with Crippen LogP contribution < -0.4 is 14.8 Å². The van der Waals surface area contributed by atoms with Crippen LogP contribution in [-0.4, -0.2) is 24.8 Å². The van der Waals surface area contributed by atoms with Crippen molar-refractivity contribution in [3.8, 4) is 11.5 Å². The molecule has 1 atom stereocenters. The lowest BCUT2D eigenvalue weighted by atomic mass is 10.2. The van der Waals surface area contributed by atoms with Crippen molar-refractivity contribution in [3.63, 3.8) is 0 Å².